The van der Waals surface area contributed by atoms with Gasteiger partial charge in [-0.1, -0.05) is 13.8 Å². The Labute approximate surface area is 192 Å². The molecule has 0 bridgehead atoms. The van der Waals surface area contributed by atoms with Gasteiger partial charge in [0.05, 0.1) is 22.5 Å². The molecule has 2 aliphatic heterocycles. The number of piperidine rings is 1. The van der Waals surface area contributed by atoms with Crippen LogP contribution in [0.4, 0.5) is 11.4 Å². The van der Waals surface area contributed by atoms with Gasteiger partial charge in [0.2, 0.25) is 0 Å². The maximum atomic E-state index is 12.6. The molecule has 0 aliphatic carbocycles. The minimum atomic E-state index is -1.01. The van der Waals surface area contributed by atoms with E-state index in [4.69, 9.17) is 4.74 Å². The van der Waals surface area contributed by atoms with Crippen molar-refractivity contribution in [1.82, 2.24) is 4.57 Å². The van der Waals surface area contributed by atoms with E-state index >= 15 is 0 Å². The van der Waals surface area contributed by atoms with Crippen LogP contribution >= 0.6 is 0 Å². The van der Waals surface area contributed by atoms with E-state index in [0.717, 1.165) is 66.9 Å². The molecule has 0 saturated carbocycles. The number of carboxylic acid groups (broad SMARTS) is 1. The van der Waals surface area contributed by atoms with Crippen LogP contribution in [0.25, 0.3) is 10.9 Å². The van der Waals surface area contributed by atoms with Crippen LogP contribution in [-0.4, -0.2) is 47.9 Å². The number of benzene rings is 1. The second-order valence-corrected chi connectivity index (χ2v) is 11.5. The summed E-state index contributed by atoms with van der Waals surface area (Å²) in [5.41, 5.74) is 6.24. The Morgan fingerprint density at radius 2 is 1.72 bits per heavy atom. The number of aromatic nitrogens is 1. The number of ether oxygens (including phenoxy) is 1. The molecule has 0 amide bonds. The molecule has 6 nitrogen and oxygen atoms in total. The molecule has 32 heavy (non-hydrogen) atoms. The predicted molar refractivity (Wildman–Crippen MR) is 131 cm³/mol. The van der Waals surface area contributed by atoms with Crippen LogP contribution in [0.2, 0.25) is 0 Å². The maximum absolute atomic E-state index is 12.6. The summed E-state index contributed by atoms with van der Waals surface area (Å²) >= 11 is 0. The number of carboxylic acids is 1. The van der Waals surface area contributed by atoms with Crippen molar-refractivity contribution < 1.29 is 14.6 Å². The molecule has 4 rings (SSSR count). The molecule has 1 atom stereocenters. The van der Waals surface area contributed by atoms with Crippen LogP contribution in [0.3, 0.4) is 0 Å². The summed E-state index contributed by atoms with van der Waals surface area (Å²) in [7, 11) is 2.11. The van der Waals surface area contributed by atoms with Crippen molar-refractivity contribution in [3.63, 3.8) is 0 Å². The Bertz CT molecular complexity index is 1050. The highest BCUT2D eigenvalue weighted by Crippen LogP contribution is 2.48. The molecule has 0 spiro atoms. The van der Waals surface area contributed by atoms with E-state index in [0.29, 0.717) is 5.41 Å². The molecule has 1 saturated heterocycles. The Kier molecular flexibility index (Phi) is 5.51. The third kappa shape index (κ3) is 3.87. The summed E-state index contributed by atoms with van der Waals surface area (Å²) in [5, 5.41) is 11.5. The van der Waals surface area contributed by atoms with Gasteiger partial charge in [-0.2, -0.15) is 0 Å². The smallest absolute Gasteiger partial charge is 0.337 e. The average Bonchev–Trinajstić information content (AvgIpc) is 3.00. The van der Waals surface area contributed by atoms with Crippen LogP contribution in [0.5, 0.6) is 0 Å². The first-order chi connectivity index (χ1) is 14.8. The summed E-state index contributed by atoms with van der Waals surface area (Å²) in [6.45, 7) is 18.4. The van der Waals surface area contributed by atoms with Gasteiger partial charge in [0.25, 0.3) is 0 Å². The molecule has 0 radical (unpaired) electrons. The third-order valence-corrected chi connectivity index (χ3v) is 7.23. The van der Waals surface area contributed by atoms with Gasteiger partial charge in [-0.15, -0.1) is 0 Å². The lowest BCUT2D eigenvalue weighted by molar-refractivity contribution is -0.160. The van der Waals surface area contributed by atoms with Gasteiger partial charge in [0.15, 0.2) is 6.10 Å². The Balaban J connectivity index is 2.03. The monoisotopic (exact) mass is 441 g/mol. The second kappa shape index (κ2) is 7.68. The number of hydrogen-bond donors (Lipinski definition) is 1. The standard InChI is InChI=1S/C26H39N3O3/c1-16-15-18-21(28-11-9-26(6,7)10-12-28)19(23(24(30)31)32-25(3,4)5)17(2)20-22(18)29(16)14-13-27(20)8/h15,23H,9-14H2,1-8H3,(H,30,31)/t23-/m0/s1. The van der Waals surface area contributed by atoms with Crippen LogP contribution in [0.1, 0.15) is 70.4 Å². The third-order valence-electron chi connectivity index (χ3n) is 7.23. The number of hydrogen-bond acceptors (Lipinski definition) is 4. The van der Waals surface area contributed by atoms with Crippen molar-refractivity contribution in [3.05, 3.63) is 22.9 Å². The van der Waals surface area contributed by atoms with E-state index in [1.165, 1.54) is 11.2 Å². The number of nitrogens with zero attached hydrogens (tertiary/aromatic N) is 3. The maximum Gasteiger partial charge on any atom is 0.337 e. The molecule has 6 heteroatoms. The highest BCUT2D eigenvalue weighted by atomic mass is 16.5. The lowest BCUT2D eigenvalue weighted by Gasteiger charge is -2.41. The van der Waals surface area contributed by atoms with Crippen molar-refractivity contribution in [2.75, 3.05) is 36.5 Å². The van der Waals surface area contributed by atoms with Crippen LogP contribution in [0, 0.1) is 19.3 Å². The van der Waals surface area contributed by atoms with E-state index in [2.05, 4.69) is 55.2 Å². The van der Waals surface area contributed by atoms with Crippen LogP contribution in [0.15, 0.2) is 6.07 Å². The molecular weight excluding hydrogens is 402 g/mol. The molecular formula is C26H39N3O3. The molecule has 1 aromatic carbocycles. The highest BCUT2D eigenvalue weighted by Gasteiger charge is 2.38. The lowest BCUT2D eigenvalue weighted by Crippen LogP contribution is -2.39. The van der Waals surface area contributed by atoms with E-state index < -0.39 is 17.7 Å². The minimum absolute atomic E-state index is 0.312. The fraction of sp³-hybridized carbons (Fsp3) is 0.654. The van der Waals surface area contributed by atoms with E-state index in [-0.39, 0.29) is 0 Å². The second-order valence-electron chi connectivity index (χ2n) is 11.5. The van der Waals surface area contributed by atoms with Crippen molar-refractivity contribution in [1.29, 1.82) is 0 Å². The van der Waals surface area contributed by atoms with Gasteiger partial charge in [0, 0.05) is 49.9 Å². The topological polar surface area (TPSA) is 57.9 Å². The molecule has 3 heterocycles. The molecule has 1 N–H and O–H groups in total. The number of likely N-dealkylation sites (N-methyl/N-ethyl adjacent to an activating group) is 1. The largest absolute Gasteiger partial charge is 0.479 e. The summed E-state index contributed by atoms with van der Waals surface area (Å²) in [5.74, 6) is -0.928. The summed E-state index contributed by atoms with van der Waals surface area (Å²) in [4.78, 5) is 17.3. The van der Waals surface area contributed by atoms with E-state index in [9.17, 15) is 9.90 Å². The first kappa shape index (κ1) is 23.0. The van der Waals surface area contributed by atoms with Crippen molar-refractivity contribution >= 4 is 28.2 Å². The van der Waals surface area contributed by atoms with Crippen LogP contribution in [-0.2, 0) is 16.1 Å². The van der Waals surface area contributed by atoms with Gasteiger partial charge < -0.3 is 24.2 Å². The fourth-order valence-corrected chi connectivity index (χ4v) is 5.44. The van der Waals surface area contributed by atoms with Gasteiger partial charge in [-0.25, -0.2) is 4.79 Å². The molecule has 2 aliphatic rings. The highest BCUT2D eigenvalue weighted by molar-refractivity contribution is 6.06. The summed E-state index contributed by atoms with van der Waals surface area (Å²) in [6.07, 6.45) is 1.16. The normalized spacial score (nSPS) is 19.5. The quantitative estimate of drug-likeness (QED) is 0.700. The first-order valence-corrected chi connectivity index (χ1v) is 11.8. The first-order valence-electron chi connectivity index (χ1n) is 11.8. The number of anilines is 2. The number of aryl methyl sites for hydroxylation is 1. The molecule has 0 unspecified atom stereocenters. The Morgan fingerprint density at radius 1 is 1.09 bits per heavy atom. The SMILES string of the molecule is Cc1c([C@H](OC(C)(C)C)C(=O)O)c(N2CCC(C)(C)CC2)c2cc(C)n3c2c1N(C)CC3. The minimum Gasteiger partial charge on any atom is -0.479 e. The zero-order valence-corrected chi connectivity index (χ0v) is 21.0. The van der Waals surface area contributed by atoms with E-state index in [1.807, 2.05) is 20.8 Å². The zero-order valence-electron chi connectivity index (χ0n) is 21.0. The van der Waals surface area contributed by atoms with Gasteiger partial charge >= 0.3 is 5.97 Å². The van der Waals surface area contributed by atoms with Gasteiger partial charge in [-0.3, -0.25) is 0 Å². The van der Waals surface area contributed by atoms with Crippen molar-refractivity contribution in [2.45, 2.75) is 79.6 Å². The molecule has 1 fully saturated rings. The van der Waals surface area contributed by atoms with Gasteiger partial charge in [0.1, 0.15) is 0 Å². The lowest BCUT2D eigenvalue weighted by atomic mass is 9.82. The summed E-state index contributed by atoms with van der Waals surface area (Å²) in [6, 6.07) is 2.26. The van der Waals surface area contributed by atoms with E-state index in [1.54, 1.807) is 0 Å². The molecule has 1 aromatic heterocycles. The molecule has 2 aromatic rings. The zero-order chi connectivity index (χ0) is 23.6. The number of carbonyl (C=O) groups is 1. The fourth-order valence-electron chi connectivity index (χ4n) is 5.44. The predicted octanol–water partition coefficient (Wildman–Crippen LogP) is 5.28. The van der Waals surface area contributed by atoms with Crippen LogP contribution < -0.4 is 9.80 Å². The Hall–Kier alpha value is -2.21. The van der Waals surface area contributed by atoms with Crippen molar-refractivity contribution in [2.24, 2.45) is 5.41 Å². The Morgan fingerprint density at radius 3 is 2.28 bits per heavy atom. The summed E-state index contributed by atoms with van der Waals surface area (Å²) < 4.78 is 8.63. The van der Waals surface area contributed by atoms with Crippen molar-refractivity contribution in [3.8, 4) is 0 Å². The number of rotatable bonds is 4. The van der Waals surface area contributed by atoms with Gasteiger partial charge in [-0.05, 0) is 64.5 Å². The molecule has 176 valence electrons. The average molecular weight is 442 g/mol. The number of aliphatic carboxylic acids is 1.